The summed E-state index contributed by atoms with van der Waals surface area (Å²) in [7, 11) is 0. The van der Waals surface area contributed by atoms with E-state index in [1.807, 2.05) is 0 Å². The number of halogens is 2. The Balaban J connectivity index is 2.72. The molecular weight excluding hydrogens is 243 g/mol. The van der Waals surface area contributed by atoms with E-state index in [0.29, 0.717) is 10.6 Å². The van der Waals surface area contributed by atoms with Crippen LogP contribution < -0.4 is 0 Å². The highest BCUT2D eigenvalue weighted by Crippen LogP contribution is 2.31. The Morgan fingerprint density at radius 1 is 1.06 bits per heavy atom. The van der Waals surface area contributed by atoms with Gasteiger partial charge in [0.25, 0.3) is 0 Å². The van der Waals surface area contributed by atoms with Gasteiger partial charge in [-0.1, -0.05) is 41.9 Å². The average molecular weight is 251 g/mol. The van der Waals surface area contributed by atoms with Gasteiger partial charge >= 0.3 is 5.97 Å². The zero-order valence-corrected chi connectivity index (χ0v) is 9.41. The van der Waals surface area contributed by atoms with Gasteiger partial charge in [0.1, 0.15) is 11.4 Å². The van der Waals surface area contributed by atoms with Crippen molar-refractivity contribution in [3.8, 4) is 11.1 Å². The molecule has 0 aliphatic rings. The number of carboxylic acid groups (broad SMARTS) is 1. The summed E-state index contributed by atoms with van der Waals surface area (Å²) < 4.78 is 13.5. The van der Waals surface area contributed by atoms with Crippen LogP contribution in [0.15, 0.2) is 42.5 Å². The Kier molecular flexibility index (Phi) is 3.11. The molecule has 0 atom stereocenters. The molecule has 0 aromatic heterocycles. The summed E-state index contributed by atoms with van der Waals surface area (Å²) >= 11 is 5.97. The van der Waals surface area contributed by atoms with Crippen molar-refractivity contribution in [2.45, 2.75) is 0 Å². The quantitative estimate of drug-likeness (QED) is 0.879. The highest BCUT2D eigenvalue weighted by Gasteiger charge is 2.17. The molecule has 1 N–H and O–H groups in total. The lowest BCUT2D eigenvalue weighted by Gasteiger charge is -2.08. The Hall–Kier alpha value is -1.87. The lowest BCUT2D eigenvalue weighted by Crippen LogP contribution is -2.03. The lowest BCUT2D eigenvalue weighted by molar-refractivity contribution is 0.0693. The van der Waals surface area contributed by atoms with Crippen LogP contribution in [-0.2, 0) is 0 Å². The van der Waals surface area contributed by atoms with Crippen LogP contribution in [0.2, 0.25) is 5.02 Å². The van der Waals surface area contributed by atoms with Crippen LogP contribution >= 0.6 is 11.6 Å². The lowest BCUT2D eigenvalue weighted by atomic mass is 9.99. The Morgan fingerprint density at radius 3 is 2.35 bits per heavy atom. The predicted molar refractivity (Wildman–Crippen MR) is 63.8 cm³/mol. The first-order valence-electron chi connectivity index (χ1n) is 4.88. The molecule has 0 spiro atoms. The third-order valence-corrected chi connectivity index (χ3v) is 2.72. The number of carbonyl (C=O) groups is 1. The summed E-state index contributed by atoms with van der Waals surface area (Å²) in [4.78, 5) is 11.0. The summed E-state index contributed by atoms with van der Waals surface area (Å²) in [6.45, 7) is 0. The van der Waals surface area contributed by atoms with E-state index in [4.69, 9.17) is 16.7 Å². The van der Waals surface area contributed by atoms with Crippen LogP contribution in [0.5, 0.6) is 0 Å². The van der Waals surface area contributed by atoms with Crippen LogP contribution in [0.25, 0.3) is 11.1 Å². The molecule has 4 heteroatoms. The van der Waals surface area contributed by atoms with Crippen LogP contribution in [-0.4, -0.2) is 11.1 Å². The number of rotatable bonds is 2. The van der Waals surface area contributed by atoms with Gasteiger partial charge in [-0.3, -0.25) is 0 Å². The fourth-order valence-corrected chi connectivity index (χ4v) is 1.88. The molecule has 2 aromatic carbocycles. The number of benzene rings is 2. The van der Waals surface area contributed by atoms with Gasteiger partial charge in [0.05, 0.1) is 0 Å². The minimum atomic E-state index is -1.31. The number of aromatic carboxylic acids is 1. The van der Waals surface area contributed by atoms with Crippen molar-refractivity contribution in [1.29, 1.82) is 0 Å². The van der Waals surface area contributed by atoms with Gasteiger partial charge in [-0.25, -0.2) is 9.18 Å². The molecule has 2 aromatic rings. The molecular formula is C13H8ClFO2. The van der Waals surface area contributed by atoms with Crippen molar-refractivity contribution in [1.82, 2.24) is 0 Å². The first-order chi connectivity index (χ1) is 8.11. The molecule has 0 unspecified atom stereocenters. The van der Waals surface area contributed by atoms with Crippen molar-refractivity contribution in [2.24, 2.45) is 0 Å². The monoisotopic (exact) mass is 250 g/mol. The maximum absolute atomic E-state index is 13.5. The highest BCUT2D eigenvalue weighted by molar-refractivity contribution is 6.33. The normalized spacial score (nSPS) is 10.2. The average Bonchev–Trinajstić information content (AvgIpc) is 2.28. The van der Waals surface area contributed by atoms with Crippen LogP contribution in [0, 0.1) is 5.82 Å². The molecule has 0 heterocycles. The Labute approximate surface area is 102 Å². The molecule has 0 aliphatic carbocycles. The summed E-state index contributed by atoms with van der Waals surface area (Å²) in [6, 6.07) is 10.8. The first-order valence-corrected chi connectivity index (χ1v) is 5.26. The minimum Gasteiger partial charge on any atom is -0.478 e. The van der Waals surface area contributed by atoms with Crippen molar-refractivity contribution in [3.05, 3.63) is 58.9 Å². The summed E-state index contributed by atoms with van der Waals surface area (Å²) in [5.41, 5.74) is 0.426. The van der Waals surface area contributed by atoms with E-state index < -0.39 is 11.8 Å². The van der Waals surface area contributed by atoms with Gasteiger partial charge in [0.2, 0.25) is 0 Å². The molecule has 0 bridgehead atoms. The molecule has 0 amide bonds. The smallest absolute Gasteiger partial charge is 0.339 e. The van der Waals surface area contributed by atoms with Gasteiger partial charge in [0, 0.05) is 16.1 Å². The zero-order chi connectivity index (χ0) is 12.4. The van der Waals surface area contributed by atoms with Crippen molar-refractivity contribution in [2.75, 3.05) is 0 Å². The maximum Gasteiger partial charge on any atom is 0.339 e. The third kappa shape index (κ3) is 2.15. The number of hydrogen-bond donors (Lipinski definition) is 1. The van der Waals surface area contributed by atoms with E-state index in [0.717, 1.165) is 6.07 Å². The second-order valence-corrected chi connectivity index (χ2v) is 3.85. The zero-order valence-electron chi connectivity index (χ0n) is 8.65. The molecule has 2 rings (SSSR count). The second-order valence-electron chi connectivity index (χ2n) is 3.45. The first kappa shape index (κ1) is 11.6. The Morgan fingerprint density at radius 2 is 1.71 bits per heavy atom. The third-order valence-electron chi connectivity index (χ3n) is 2.39. The summed E-state index contributed by atoms with van der Waals surface area (Å²) in [5, 5.41) is 9.41. The van der Waals surface area contributed by atoms with Crippen LogP contribution in [0.1, 0.15) is 10.4 Å². The molecule has 0 radical (unpaired) electrons. The molecule has 0 saturated heterocycles. The SMILES string of the molecule is O=C(O)c1c(F)cccc1-c1ccccc1Cl. The summed E-state index contributed by atoms with van der Waals surface area (Å²) in [5.74, 6) is -2.08. The second kappa shape index (κ2) is 4.55. The van der Waals surface area contributed by atoms with Gasteiger partial charge in [0.15, 0.2) is 0 Å². The number of carboxylic acids is 1. The van der Waals surface area contributed by atoms with Crippen LogP contribution in [0.4, 0.5) is 4.39 Å². The summed E-state index contributed by atoms with van der Waals surface area (Å²) in [6.07, 6.45) is 0. The molecule has 2 nitrogen and oxygen atoms in total. The van der Waals surface area contributed by atoms with Crippen LogP contribution in [0.3, 0.4) is 0 Å². The molecule has 0 fully saturated rings. The topological polar surface area (TPSA) is 37.3 Å². The maximum atomic E-state index is 13.5. The van der Waals surface area contributed by atoms with Gasteiger partial charge in [-0.05, 0) is 12.1 Å². The van der Waals surface area contributed by atoms with Crippen molar-refractivity contribution < 1.29 is 14.3 Å². The molecule has 86 valence electrons. The van der Waals surface area contributed by atoms with E-state index in [1.165, 1.54) is 12.1 Å². The van der Waals surface area contributed by atoms with Gasteiger partial charge in [-0.2, -0.15) is 0 Å². The molecule has 0 aliphatic heterocycles. The highest BCUT2D eigenvalue weighted by atomic mass is 35.5. The van der Waals surface area contributed by atoms with Crippen molar-refractivity contribution >= 4 is 17.6 Å². The molecule has 17 heavy (non-hydrogen) atoms. The Bertz CT molecular complexity index is 581. The van der Waals surface area contributed by atoms with E-state index in [9.17, 15) is 9.18 Å². The fraction of sp³-hybridized carbons (Fsp3) is 0. The van der Waals surface area contributed by atoms with Crippen molar-refractivity contribution in [3.63, 3.8) is 0 Å². The fourth-order valence-electron chi connectivity index (χ4n) is 1.65. The minimum absolute atomic E-state index is 0.281. The number of hydrogen-bond acceptors (Lipinski definition) is 1. The van der Waals surface area contributed by atoms with E-state index in [1.54, 1.807) is 24.3 Å². The van der Waals surface area contributed by atoms with Gasteiger partial charge in [-0.15, -0.1) is 0 Å². The van der Waals surface area contributed by atoms with E-state index in [-0.39, 0.29) is 11.1 Å². The molecule has 0 saturated carbocycles. The predicted octanol–water partition coefficient (Wildman–Crippen LogP) is 3.84. The largest absolute Gasteiger partial charge is 0.478 e. The van der Waals surface area contributed by atoms with Gasteiger partial charge < -0.3 is 5.11 Å². The van der Waals surface area contributed by atoms with E-state index >= 15 is 0 Å². The standard InChI is InChI=1S/C13H8ClFO2/c14-10-6-2-1-4-8(10)9-5-3-7-11(15)12(9)13(16)17/h1-7H,(H,16,17). The van der Waals surface area contributed by atoms with E-state index in [2.05, 4.69) is 0 Å².